The third-order valence-corrected chi connectivity index (χ3v) is 3.83. The molecule has 1 aliphatic carbocycles. The summed E-state index contributed by atoms with van der Waals surface area (Å²) >= 11 is 6.02. The zero-order chi connectivity index (χ0) is 13.2. The summed E-state index contributed by atoms with van der Waals surface area (Å²) in [6.07, 6.45) is 4.77. The van der Waals surface area contributed by atoms with E-state index < -0.39 is 0 Å². The van der Waals surface area contributed by atoms with E-state index in [4.69, 9.17) is 16.0 Å². The maximum absolute atomic E-state index is 6.02. The van der Waals surface area contributed by atoms with Crippen molar-refractivity contribution in [1.29, 1.82) is 0 Å². The van der Waals surface area contributed by atoms with Crippen LogP contribution in [-0.4, -0.2) is 11.0 Å². The number of aryl methyl sites for hydroxylation is 1. The molecule has 0 amide bonds. The molecule has 0 saturated heterocycles. The monoisotopic (exact) mass is 276 g/mol. The summed E-state index contributed by atoms with van der Waals surface area (Å²) < 4.78 is 5.59. The molecule has 0 radical (unpaired) electrons. The normalized spacial score (nSPS) is 17.7. The first-order valence-electron chi connectivity index (χ1n) is 6.69. The smallest absolute Gasteiger partial charge is 0.208 e. The Morgan fingerprint density at radius 2 is 2.21 bits per heavy atom. The number of oxazole rings is 1. The van der Waals surface area contributed by atoms with Gasteiger partial charge in [0.25, 0.3) is 0 Å². The minimum Gasteiger partial charge on any atom is -0.444 e. The Morgan fingerprint density at radius 1 is 1.37 bits per heavy atom. The van der Waals surface area contributed by atoms with Crippen molar-refractivity contribution in [3.8, 4) is 0 Å². The number of rotatable bonds is 4. The van der Waals surface area contributed by atoms with Crippen molar-refractivity contribution in [2.75, 3.05) is 0 Å². The molecular formula is C15H17ClN2O. The Kier molecular flexibility index (Phi) is 3.58. The molecule has 1 unspecified atom stereocenters. The molecule has 100 valence electrons. The largest absolute Gasteiger partial charge is 0.444 e. The SMILES string of the molecule is CCc1cnc(CNC2Cc3ccc(Cl)cc3C2)o1. The van der Waals surface area contributed by atoms with Crippen LogP contribution in [0, 0.1) is 0 Å². The van der Waals surface area contributed by atoms with E-state index in [1.54, 1.807) is 6.20 Å². The number of hydrogen-bond acceptors (Lipinski definition) is 3. The van der Waals surface area contributed by atoms with Gasteiger partial charge in [-0.3, -0.25) is 0 Å². The number of aromatic nitrogens is 1. The summed E-state index contributed by atoms with van der Waals surface area (Å²) in [5, 5.41) is 4.32. The Morgan fingerprint density at radius 3 is 3.00 bits per heavy atom. The van der Waals surface area contributed by atoms with Gasteiger partial charge in [0.05, 0.1) is 12.7 Å². The van der Waals surface area contributed by atoms with Gasteiger partial charge in [-0.1, -0.05) is 24.6 Å². The summed E-state index contributed by atoms with van der Waals surface area (Å²) in [6, 6.07) is 6.61. The first kappa shape index (κ1) is 12.7. The fourth-order valence-electron chi connectivity index (χ4n) is 2.56. The summed E-state index contributed by atoms with van der Waals surface area (Å²) in [5.41, 5.74) is 2.75. The average Bonchev–Trinajstić information content (AvgIpc) is 3.01. The van der Waals surface area contributed by atoms with E-state index in [0.29, 0.717) is 12.6 Å². The van der Waals surface area contributed by atoms with Crippen molar-refractivity contribution in [3.05, 3.63) is 52.2 Å². The molecule has 0 bridgehead atoms. The number of benzene rings is 1. The minimum atomic E-state index is 0.449. The predicted octanol–water partition coefficient (Wildman–Crippen LogP) is 3.15. The maximum atomic E-state index is 6.02. The average molecular weight is 277 g/mol. The number of halogens is 1. The van der Waals surface area contributed by atoms with Crippen LogP contribution in [0.2, 0.25) is 5.02 Å². The quantitative estimate of drug-likeness (QED) is 0.932. The maximum Gasteiger partial charge on any atom is 0.208 e. The van der Waals surface area contributed by atoms with Crippen LogP contribution >= 0.6 is 11.6 Å². The lowest BCUT2D eigenvalue weighted by Gasteiger charge is -2.09. The van der Waals surface area contributed by atoms with Gasteiger partial charge in [0.1, 0.15) is 5.76 Å². The molecule has 4 heteroatoms. The first-order chi connectivity index (χ1) is 9.24. The third-order valence-electron chi connectivity index (χ3n) is 3.59. The van der Waals surface area contributed by atoms with E-state index in [1.165, 1.54) is 11.1 Å². The lowest BCUT2D eigenvalue weighted by Crippen LogP contribution is -2.29. The summed E-state index contributed by atoms with van der Waals surface area (Å²) in [7, 11) is 0. The molecule has 0 saturated carbocycles. The fourth-order valence-corrected chi connectivity index (χ4v) is 2.75. The lowest BCUT2D eigenvalue weighted by molar-refractivity contribution is 0.417. The molecule has 0 fully saturated rings. The van der Waals surface area contributed by atoms with E-state index in [0.717, 1.165) is 35.9 Å². The summed E-state index contributed by atoms with van der Waals surface area (Å²) in [4.78, 5) is 4.26. The zero-order valence-corrected chi connectivity index (χ0v) is 11.7. The third kappa shape index (κ3) is 2.82. The molecule has 3 nitrogen and oxygen atoms in total. The highest BCUT2D eigenvalue weighted by Crippen LogP contribution is 2.25. The van der Waals surface area contributed by atoms with Crippen molar-refractivity contribution < 1.29 is 4.42 Å². The molecule has 2 aromatic rings. The molecule has 0 spiro atoms. The van der Waals surface area contributed by atoms with Crippen LogP contribution < -0.4 is 5.32 Å². The van der Waals surface area contributed by atoms with Crippen LogP contribution in [0.3, 0.4) is 0 Å². The van der Waals surface area contributed by atoms with Crippen LogP contribution in [0.25, 0.3) is 0 Å². The highest BCUT2D eigenvalue weighted by Gasteiger charge is 2.21. The van der Waals surface area contributed by atoms with Crippen LogP contribution in [0.4, 0.5) is 0 Å². The van der Waals surface area contributed by atoms with E-state index in [-0.39, 0.29) is 0 Å². The van der Waals surface area contributed by atoms with Crippen molar-refractivity contribution in [2.45, 2.75) is 38.8 Å². The number of hydrogen-bond donors (Lipinski definition) is 1. The number of nitrogens with zero attached hydrogens (tertiary/aromatic N) is 1. The van der Waals surface area contributed by atoms with Crippen molar-refractivity contribution >= 4 is 11.6 Å². The highest BCUT2D eigenvalue weighted by atomic mass is 35.5. The second kappa shape index (κ2) is 5.35. The van der Waals surface area contributed by atoms with Gasteiger partial charge in [-0.2, -0.15) is 0 Å². The van der Waals surface area contributed by atoms with Gasteiger partial charge in [0, 0.05) is 17.5 Å². The summed E-state index contributed by atoms with van der Waals surface area (Å²) in [5.74, 6) is 1.71. The molecule has 1 aliphatic rings. The second-order valence-electron chi connectivity index (χ2n) is 4.97. The van der Waals surface area contributed by atoms with Crippen molar-refractivity contribution in [2.24, 2.45) is 0 Å². The molecule has 1 atom stereocenters. The molecule has 3 rings (SSSR count). The Bertz CT molecular complexity index is 579. The molecule has 1 heterocycles. The topological polar surface area (TPSA) is 38.1 Å². The van der Waals surface area contributed by atoms with E-state index in [1.807, 2.05) is 6.07 Å². The summed E-state index contributed by atoms with van der Waals surface area (Å²) in [6.45, 7) is 2.75. The molecule has 0 aliphatic heterocycles. The van der Waals surface area contributed by atoms with E-state index >= 15 is 0 Å². The molecular weight excluding hydrogens is 260 g/mol. The standard InChI is InChI=1S/C15H17ClN2O/c1-2-14-8-18-15(19-14)9-17-13-6-10-3-4-12(16)5-11(10)7-13/h3-5,8,13,17H,2,6-7,9H2,1H3. The van der Waals surface area contributed by atoms with Crippen LogP contribution in [0.5, 0.6) is 0 Å². The van der Waals surface area contributed by atoms with Crippen LogP contribution in [0.1, 0.15) is 29.7 Å². The van der Waals surface area contributed by atoms with Crippen molar-refractivity contribution in [3.63, 3.8) is 0 Å². The lowest BCUT2D eigenvalue weighted by atomic mass is 10.1. The Labute approximate surface area is 118 Å². The Balaban J connectivity index is 1.58. The predicted molar refractivity (Wildman–Crippen MR) is 75.4 cm³/mol. The number of fused-ring (bicyclic) bond motifs is 1. The van der Waals surface area contributed by atoms with Gasteiger partial charge in [-0.25, -0.2) is 4.98 Å². The van der Waals surface area contributed by atoms with Gasteiger partial charge < -0.3 is 9.73 Å². The minimum absolute atomic E-state index is 0.449. The zero-order valence-electron chi connectivity index (χ0n) is 10.9. The number of nitrogens with one attached hydrogen (secondary N) is 1. The molecule has 1 aromatic heterocycles. The van der Waals surface area contributed by atoms with Gasteiger partial charge in [-0.05, 0) is 36.1 Å². The first-order valence-corrected chi connectivity index (χ1v) is 7.06. The van der Waals surface area contributed by atoms with Gasteiger partial charge in [0.2, 0.25) is 5.89 Å². The fraction of sp³-hybridized carbons (Fsp3) is 0.400. The van der Waals surface area contributed by atoms with Crippen LogP contribution in [0.15, 0.2) is 28.8 Å². The van der Waals surface area contributed by atoms with Gasteiger partial charge in [-0.15, -0.1) is 0 Å². The van der Waals surface area contributed by atoms with E-state index in [2.05, 4.69) is 29.4 Å². The second-order valence-corrected chi connectivity index (χ2v) is 5.41. The van der Waals surface area contributed by atoms with Gasteiger partial charge in [0.15, 0.2) is 0 Å². The molecule has 1 aromatic carbocycles. The van der Waals surface area contributed by atoms with Crippen molar-refractivity contribution in [1.82, 2.24) is 10.3 Å². The highest BCUT2D eigenvalue weighted by molar-refractivity contribution is 6.30. The van der Waals surface area contributed by atoms with Gasteiger partial charge >= 0.3 is 0 Å². The van der Waals surface area contributed by atoms with Crippen LogP contribution in [-0.2, 0) is 25.8 Å². The van der Waals surface area contributed by atoms with E-state index in [9.17, 15) is 0 Å². The molecule has 19 heavy (non-hydrogen) atoms. The Hall–Kier alpha value is -1.32. The molecule has 1 N–H and O–H groups in total.